The van der Waals surface area contributed by atoms with Gasteiger partial charge in [-0.15, -0.1) is 0 Å². The highest BCUT2D eigenvalue weighted by atomic mass is 127. The molecule has 2 atom stereocenters. The van der Waals surface area contributed by atoms with Crippen molar-refractivity contribution in [2.24, 2.45) is 5.92 Å². The molecular weight excluding hydrogens is 351 g/mol. The first-order valence-electron chi connectivity index (χ1n) is 5.26. The molecule has 0 radical (unpaired) electrons. The van der Waals surface area contributed by atoms with Gasteiger partial charge in [-0.05, 0) is 42.5 Å². The van der Waals surface area contributed by atoms with E-state index in [-0.39, 0.29) is 11.7 Å². The molecule has 0 saturated carbocycles. The van der Waals surface area contributed by atoms with E-state index in [2.05, 4.69) is 5.32 Å². The number of rotatable bonds is 5. The quantitative estimate of drug-likeness (QED) is 0.476. The molecular formula is C11H13IN2O4. The molecule has 1 rings (SSSR count). The lowest BCUT2D eigenvalue weighted by atomic mass is 10.0. The maximum atomic E-state index is 10.8. The Morgan fingerprint density at radius 1 is 1.50 bits per heavy atom. The van der Waals surface area contributed by atoms with Crippen LogP contribution in [0.5, 0.6) is 0 Å². The van der Waals surface area contributed by atoms with Gasteiger partial charge in [0.15, 0.2) is 0 Å². The van der Waals surface area contributed by atoms with Gasteiger partial charge in [-0.25, -0.2) is 0 Å². The van der Waals surface area contributed by atoms with Gasteiger partial charge in [-0.2, -0.15) is 0 Å². The van der Waals surface area contributed by atoms with Gasteiger partial charge < -0.3 is 10.4 Å². The molecule has 0 amide bonds. The summed E-state index contributed by atoms with van der Waals surface area (Å²) in [6, 6.07) is 4.16. The maximum Gasteiger partial charge on any atom is 0.308 e. The first kappa shape index (κ1) is 14.7. The lowest BCUT2D eigenvalue weighted by Gasteiger charge is -2.19. The molecule has 18 heavy (non-hydrogen) atoms. The van der Waals surface area contributed by atoms with Crippen LogP contribution in [0, 0.1) is 19.6 Å². The molecule has 1 aromatic rings. The van der Waals surface area contributed by atoms with E-state index in [1.165, 1.54) is 12.1 Å². The van der Waals surface area contributed by atoms with Gasteiger partial charge in [0.2, 0.25) is 0 Å². The number of anilines is 1. The smallest absolute Gasteiger partial charge is 0.308 e. The van der Waals surface area contributed by atoms with Crippen molar-refractivity contribution in [3.63, 3.8) is 0 Å². The van der Waals surface area contributed by atoms with Crippen molar-refractivity contribution in [2.45, 2.75) is 19.9 Å². The van der Waals surface area contributed by atoms with Gasteiger partial charge in [0.1, 0.15) is 0 Å². The summed E-state index contributed by atoms with van der Waals surface area (Å²) in [5.74, 6) is -1.43. The summed E-state index contributed by atoms with van der Waals surface area (Å²) in [4.78, 5) is 21.0. The van der Waals surface area contributed by atoms with Crippen LogP contribution in [0.1, 0.15) is 13.8 Å². The molecule has 98 valence electrons. The number of hydrogen-bond acceptors (Lipinski definition) is 4. The molecule has 0 aliphatic rings. The van der Waals surface area contributed by atoms with E-state index in [1.54, 1.807) is 19.9 Å². The SMILES string of the molecule is CC(Nc1ccc([N+](=O)[O-])cc1I)C(C)C(=O)O. The van der Waals surface area contributed by atoms with Crippen molar-refractivity contribution in [3.8, 4) is 0 Å². The fourth-order valence-electron chi connectivity index (χ4n) is 1.32. The monoisotopic (exact) mass is 364 g/mol. The van der Waals surface area contributed by atoms with Gasteiger partial charge in [0.05, 0.1) is 10.8 Å². The van der Waals surface area contributed by atoms with E-state index in [4.69, 9.17) is 5.11 Å². The fourth-order valence-corrected chi connectivity index (χ4v) is 1.97. The van der Waals surface area contributed by atoms with Gasteiger partial charge in [-0.3, -0.25) is 14.9 Å². The molecule has 1 aromatic carbocycles. The highest BCUT2D eigenvalue weighted by molar-refractivity contribution is 14.1. The minimum atomic E-state index is -0.882. The Kier molecular flexibility index (Phi) is 4.88. The van der Waals surface area contributed by atoms with Gasteiger partial charge in [0, 0.05) is 27.4 Å². The zero-order valence-electron chi connectivity index (χ0n) is 9.88. The van der Waals surface area contributed by atoms with Crippen LogP contribution in [-0.4, -0.2) is 22.0 Å². The first-order valence-corrected chi connectivity index (χ1v) is 6.34. The summed E-state index contributed by atoms with van der Waals surface area (Å²) in [5.41, 5.74) is 0.714. The summed E-state index contributed by atoms with van der Waals surface area (Å²) in [5, 5.41) is 22.5. The average Bonchev–Trinajstić information content (AvgIpc) is 2.30. The molecule has 0 aliphatic heterocycles. The van der Waals surface area contributed by atoms with Crippen molar-refractivity contribution in [1.29, 1.82) is 0 Å². The third-order valence-corrected chi connectivity index (χ3v) is 3.58. The highest BCUT2D eigenvalue weighted by Gasteiger charge is 2.20. The summed E-state index contributed by atoms with van der Waals surface area (Å²) >= 11 is 1.98. The topological polar surface area (TPSA) is 92.5 Å². The Hall–Kier alpha value is -1.38. The predicted octanol–water partition coefficient (Wildman–Crippen LogP) is 2.72. The number of nitrogens with one attached hydrogen (secondary N) is 1. The van der Waals surface area contributed by atoms with Crippen LogP contribution >= 0.6 is 22.6 Å². The van der Waals surface area contributed by atoms with Gasteiger partial charge in [-0.1, -0.05) is 0 Å². The number of nitro groups is 1. The van der Waals surface area contributed by atoms with E-state index >= 15 is 0 Å². The summed E-state index contributed by atoms with van der Waals surface area (Å²) in [7, 11) is 0. The molecule has 7 heteroatoms. The average molecular weight is 364 g/mol. The Balaban J connectivity index is 2.86. The Morgan fingerprint density at radius 2 is 2.11 bits per heavy atom. The molecule has 0 fully saturated rings. The Labute approximate surface area is 118 Å². The summed E-state index contributed by atoms with van der Waals surface area (Å²) in [6.07, 6.45) is 0. The standard InChI is InChI=1S/C11H13IN2O4/c1-6(11(15)16)7(2)13-10-4-3-8(14(17)18)5-9(10)12/h3-7,13H,1-2H3,(H,15,16). The number of carbonyl (C=O) groups is 1. The van der Waals surface area contributed by atoms with E-state index in [0.29, 0.717) is 9.26 Å². The Bertz CT molecular complexity index is 478. The molecule has 0 bridgehead atoms. The van der Waals surface area contributed by atoms with E-state index in [0.717, 1.165) is 0 Å². The van der Waals surface area contributed by atoms with Crippen LogP contribution in [0.25, 0.3) is 0 Å². The van der Waals surface area contributed by atoms with Crippen molar-refractivity contribution < 1.29 is 14.8 Å². The number of non-ortho nitro benzene ring substituents is 1. The van der Waals surface area contributed by atoms with Crippen LogP contribution < -0.4 is 5.32 Å². The molecule has 0 heterocycles. The first-order chi connectivity index (χ1) is 8.32. The number of aliphatic carboxylic acids is 1. The minimum Gasteiger partial charge on any atom is -0.481 e. The zero-order chi connectivity index (χ0) is 13.9. The van der Waals surface area contributed by atoms with Crippen LogP contribution in [0.2, 0.25) is 0 Å². The van der Waals surface area contributed by atoms with Crippen molar-refractivity contribution in [2.75, 3.05) is 5.32 Å². The second-order valence-corrected chi connectivity index (χ2v) is 5.14. The van der Waals surface area contributed by atoms with E-state index in [9.17, 15) is 14.9 Å². The summed E-state index contributed by atoms with van der Waals surface area (Å²) < 4.78 is 0.686. The highest BCUT2D eigenvalue weighted by Crippen LogP contribution is 2.25. The molecule has 0 saturated heterocycles. The molecule has 0 aromatic heterocycles. The maximum absolute atomic E-state index is 10.8. The van der Waals surface area contributed by atoms with Crippen LogP contribution in [-0.2, 0) is 4.79 Å². The Morgan fingerprint density at radius 3 is 2.56 bits per heavy atom. The number of hydrogen-bond donors (Lipinski definition) is 2. The molecule has 0 spiro atoms. The lowest BCUT2D eigenvalue weighted by Crippen LogP contribution is -2.29. The molecule has 6 nitrogen and oxygen atoms in total. The van der Waals surface area contributed by atoms with Crippen molar-refractivity contribution in [1.82, 2.24) is 0 Å². The van der Waals surface area contributed by atoms with E-state index in [1.807, 2.05) is 22.6 Å². The predicted molar refractivity (Wildman–Crippen MR) is 75.7 cm³/mol. The van der Waals surface area contributed by atoms with E-state index < -0.39 is 16.8 Å². The lowest BCUT2D eigenvalue weighted by molar-refractivity contribution is -0.384. The number of carboxylic acid groups (broad SMARTS) is 1. The van der Waals surface area contributed by atoms with Crippen LogP contribution in [0.4, 0.5) is 11.4 Å². The van der Waals surface area contributed by atoms with Gasteiger partial charge in [0.25, 0.3) is 5.69 Å². The van der Waals surface area contributed by atoms with Crippen molar-refractivity contribution >= 4 is 39.9 Å². The number of halogens is 1. The zero-order valence-corrected chi connectivity index (χ0v) is 12.0. The third kappa shape index (κ3) is 3.56. The number of nitrogens with zero attached hydrogens (tertiary/aromatic N) is 1. The largest absolute Gasteiger partial charge is 0.481 e. The van der Waals surface area contributed by atoms with Crippen LogP contribution in [0.15, 0.2) is 18.2 Å². The third-order valence-electron chi connectivity index (χ3n) is 2.69. The number of benzene rings is 1. The summed E-state index contributed by atoms with van der Waals surface area (Å²) in [6.45, 7) is 3.37. The second kappa shape index (κ2) is 5.98. The molecule has 2 unspecified atom stereocenters. The van der Waals surface area contributed by atoms with Crippen LogP contribution in [0.3, 0.4) is 0 Å². The second-order valence-electron chi connectivity index (χ2n) is 3.98. The minimum absolute atomic E-state index is 0.0175. The molecule has 2 N–H and O–H groups in total. The van der Waals surface area contributed by atoms with Crippen molar-refractivity contribution in [3.05, 3.63) is 31.9 Å². The molecule has 0 aliphatic carbocycles. The number of nitro benzene ring substituents is 1. The number of carboxylic acids is 1. The normalized spacial score (nSPS) is 13.7. The fraction of sp³-hybridized carbons (Fsp3) is 0.364. The van der Waals surface area contributed by atoms with Gasteiger partial charge >= 0.3 is 5.97 Å².